The van der Waals surface area contributed by atoms with Crippen LogP contribution in [0, 0.1) is 0 Å². The molecule has 0 bridgehead atoms. The normalized spacial score (nSPS) is 19.7. The van der Waals surface area contributed by atoms with E-state index < -0.39 is 0 Å². The number of amides is 3. The van der Waals surface area contributed by atoms with Gasteiger partial charge in [-0.05, 0) is 19.3 Å². The molecule has 3 heterocycles. The van der Waals surface area contributed by atoms with Crippen LogP contribution in [0.5, 0.6) is 0 Å². The number of piperidine rings is 1. The molecule has 1 aromatic rings. The standard InChI is InChI=1S/C17H28N6O2/c1-3-8-23-15(4-7-18-23)19-16(24)13-21-9-5-14(6-10-21)22-12-11-20(2)17(22)25/h4,7,14H,3,5-6,8-13H2,1-2H3,(H,19,24). The van der Waals surface area contributed by atoms with Crippen LogP contribution in [-0.4, -0.2) is 82.2 Å². The molecule has 1 N–H and O–H groups in total. The van der Waals surface area contributed by atoms with Gasteiger partial charge < -0.3 is 15.1 Å². The van der Waals surface area contributed by atoms with Crippen molar-refractivity contribution in [1.82, 2.24) is 24.5 Å². The minimum absolute atomic E-state index is 0.00622. The first-order valence-electron chi connectivity index (χ1n) is 9.14. The quantitative estimate of drug-likeness (QED) is 0.834. The first kappa shape index (κ1) is 17.7. The van der Waals surface area contributed by atoms with Crippen LogP contribution in [0.2, 0.25) is 0 Å². The summed E-state index contributed by atoms with van der Waals surface area (Å²) >= 11 is 0. The molecule has 3 amide bonds. The SMILES string of the molecule is CCCn1nccc1NC(=O)CN1CCC(N2CCN(C)C2=O)CC1. The third kappa shape index (κ3) is 4.12. The number of hydrogen-bond acceptors (Lipinski definition) is 4. The number of nitrogens with one attached hydrogen (secondary N) is 1. The Morgan fingerprint density at radius 1 is 1.28 bits per heavy atom. The molecule has 0 unspecified atom stereocenters. The Balaban J connectivity index is 1.45. The van der Waals surface area contributed by atoms with Crippen molar-refractivity contribution < 1.29 is 9.59 Å². The topological polar surface area (TPSA) is 73.7 Å². The van der Waals surface area contributed by atoms with Crippen molar-refractivity contribution >= 4 is 17.8 Å². The minimum Gasteiger partial charge on any atom is -0.326 e. The van der Waals surface area contributed by atoms with E-state index in [-0.39, 0.29) is 11.9 Å². The van der Waals surface area contributed by atoms with Gasteiger partial charge in [0.1, 0.15) is 5.82 Å². The third-order valence-electron chi connectivity index (χ3n) is 5.03. The summed E-state index contributed by atoms with van der Waals surface area (Å²) in [5.41, 5.74) is 0. The maximum atomic E-state index is 12.3. The smallest absolute Gasteiger partial charge is 0.320 e. The van der Waals surface area contributed by atoms with E-state index in [1.54, 1.807) is 11.1 Å². The van der Waals surface area contributed by atoms with Gasteiger partial charge in [0.25, 0.3) is 0 Å². The molecule has 25 heavy (non-hydrogen) atoms. The molecular formula is C17H28N6O2. The summed E-state index contributed by atoms with van der Waals surface area (Å²) in [5, 5.41) is 7.17. The highest BCUT2D eigenvalue weighted by Crippen LogP contribution is 2.20. The lowest BCUT2D eigenvalue weighted by molar-refractivity contribution is -0.117. The second-order valence-electron chi connectivity index (χ2n) is 6.89. The van der Waals surface area contributed by atoms with Crippen LogP contribution in [0.4, 0.5) is 10.6 Å². The largest absolute Gasteiger partial charge is 0.326 e. The number of carbonyl (C=O) groups excluding carboxylic acids is 2. The molecular weight excluding hydrogens is 320 g/mol. The lowest BCUT2D eigenvalue weighted by Gasteiger charge is -2.36. The highest BCUT2D eigenvalue weighted by Gasteiger charge is 2.33. The molecule has 2 aliphatic heterocycles. The van der Waals surface area contributed by atoms with E-state index in [1.807, 2.05) is 22.7 Å². The fourth-order valence-electron chi connectivity index (χ4n) is 3.61. The fraction of sp³-hybridized carbons (Fsp3) is 0.706. The maximum absolute atomic E-state index is 12.3. The predicted octanol–water partition coefficient (Wildman–Crippen LogP) is 1.06. The number of hydrogen-bond donors (Lipinski definition) is 1. The highest BCUT2D eigenvalue weighted by atomic mass is 16.2. The number of likely N-dealkylation sites (N-methyl/N-ethyl adjacent to an activating group) is 1. The Kier molecular flexibility index (Phi) is 5.57. The van der Waals surface area contributed by atoms with E-state index >= 15 is 0 Å². The summed E-state index contributed by atoms with van der Waals surface area (Å²) in [4.78, 5) is 30.3. The van der Waals surface area contributed by atoms with E-state index in [2.05, 4.69) is 22.2 Å². The number of aryl methyl sites for hydroxylation is 1. The van der Waals surface area contributed by atoms with Crippen molar-refractivity contribution in [2.45, 2.75) is 38.8 Å². The van der Waals surface area contributed by atoms with Gasteiger partial charge in [-0.2, -0.15) is 5.10 Å². The average Bonchev–Trinajstić information content (AvgIpc) is 3.16. The van der Waals surface area contributed by atoms with Crippen LogP contribution in [0.1, 0.15) is 26.2 Å². The molecule has 2 saturated heterocycles. The van der Waals surface area contributed by atoms with Gasteiger partial charge in [0.05, 0.1) is 12.7 Å². The molecule has 1 aromatic heterocycles. The second-order valence-corrected chi connectivity index (χ2v) is 6.89. The van der Waals surface area contributed by atoms with Gasteiger partial charge in [-0.3, -0.25) is 9.69 Å². The number of nitrogens with zero attached hydrogens (tertiary/aromatic N) is 5. The van der Waals surface area contributed by atoms with Crippen LogP contribution in [0.3, 0.4) is 0 Å². The summed E-state index contributed by atoms with van der Waals surface area (Å²) in [6, 6.07) is 2.28. The molecule has 2 aliphatic rings. The summed E-state index contributed by atoms with van der Waals surface area (Å²) in [6.07, 6.45) is 4.55. The minimum atomic E-state index is -0.00622. The van der Waals surface area contributed by atoms with Crippen molar-refractivity contribution in [3.63, 3.8) is 0 Å². The summed E-state index contributed by atoms with van der Waals surface area (Å²) < 4.78 is 1.82. The van der Waals surface area contributed by atoms with Gasteiger partial charge in [-0.25, -0.2) is 9.48 Å². The van der Waals surface area contributed by atoms with E-state index in [0.717, 1.165) is 57.8 Å². The molecule has 0 spiro atoms. The number of likely N-dealkylation sites (tertiary alicyclic amines) is 1. The summed E-state index contributed by atoms with van der Waals surface area (Å²) in [6.45, 7) is 6.60. The zero-order chi connectivity index (χ0) is 17.8. The zero-order valence-electron chi connectivity index (χ0n) is 15.1. The molecule has 3 rings (SSSR count). The molecule has 0 radical (unpaired) electrons. The van der Waals surface area contributed by atoms with E-state index in [9.17, 15) is 9.59 Å². The average molecular weight is 348 g/mol. The van der Waals surface area contributed by atoms with Gasteiger partial charge in [0, 0.05) is 51.9 Å². The first-order valence-corrected chi connectivity index (χ1v) is 9.14. The monoisotopic (exact) mass is 348 g/mol. The molecule has 2 fully saturated rings. The lowest BCUT2D eigenvalue weighted by Crippen LogP contribution is -2.47. The number of urea groups is 1. The molecule has 0 saturated carbocycles. The zero-order valence-corrected chi connectivity index (χ0v) is 15.1. The van der Waals surface area contributed by atoms with Crippen LogP contribution in [-0.2, 0) is 11.3 Å². The van der Waals surface area contributed by atoms with E-state index in [1.165, 1.54) is 0 Å². The number of rotatable bonds is 6. The molecule has 0 aliphatic carbocycles. The van der Waals surface area contributed by atoms with Gasteiger partial charge in [0.15, 0.2) is 0 Å². The molecule has 138 valence electrons. The third-order valence-corrected chi connectivity index (χ3v) is 5.03. The van der Waals surface area contributed by atoms with Gasteiger partial charge in [0.2, 0.25) is 5.91 Å². The van der Waals surface area contributed by atoms with Crippen LogP contribution in [0.15, 0.2) is 12.3 Å². The van der Waals surface area contributed by atoms with Crippen molar-refractivity contribution in [3.05, 3.63) is 12.3 Å². The summed E-state index contributed by atoms with van der Waals surface area (Å²) in [7, 11) is 1.85. The van der Waals surface area contributed by atoms with Crippen molar-refractivity contribution in [2.75, 3.05) is 45.1 Å². The molecule has 8 nitrogen and oxygen atoms in total. The Morgan fingerprint density at radius 2 is 2.04 bits per heavy atom. The van der Waals surface area contributed by atoms with Gasteiger partial charge >= 0.3 is 6.03 Å². The van der Waals surface area contributed by atoms with Crippen molar-refractivity contribution in [3.8, 4) is 0 Å². The maximum Gasteiger partial charge on any atom is 0.320 e. The predicted molar refractivity (Wildman–Crippen MR) is 95.3 cm³/mol. The lowest BCUT2D eigenvalue weighted by atomic mass is 10.0. The number of carbonyl (C=O) groups is 2. The Labute approximate surface area is 148 Å². The van der Waals surface area contributed by atoms with Gasteiger partial charge in [-0.15, -0.1) is 0 Å². The summed E-state index contributed by atoms with van der Waals surface area (Å²) in [5.74, 6) is 0.751. The second kappa shape index (κ2) is 7.86. The molecule has 8 heteroatoms. The number of aromatic nitrogens is 2. The van der Waals surface area contributed by atoms with E-state index in [0.29, 0.717) is 12.6 Å². The first-order chi connectivity index (χ1) is 12.1. The van der Waals surface area contributed by atoms with Crippen molar-refractivity contribution in [1.29, 1.82) is 0 Å². The van der Waals surface area contributed by atoms with E-state index in [4.69, 9.17) is 0 Å². The molecule has 0 aromatic carbocycles. The van der Waals surface area contributed by atoms with Crippen molar-refractivity contribution in [2.24, 2.45) is 0 Å². The molecule has 0 atom stereocenters. The Bertz CT molecular complexity index is 608. The Morgan fingerprint density at radius 3 is 2.68 bits per heavy atom. The Hall–Kier alpha value is -2.09. The van der Waals surface area contributed by atoms with Gasteiger partial charge in [-0.1, -0.05) is 6.92 Å². The highest BCUT2D eigenvalue weighted by molar-refractivity contribution is 5.91. The number of anilines is 1. The van der Waals surface area contributed by atoms with Crippen LogP contribution >= 0.6 is 0 Å². The fourth-order valence-corrected chi connectivity index (χ4v) is 3.61. The van der Waals surface area contributed by atoms with Crippen LogP contribution in [0.25, 0.3) is 0 Å². The van der Waals surface area contributed by atoms with Crippen LogP contribution < -0.4 is 5.32 Å².